The summed E-state index contributed by atoms with van der Waals surface area (Å²) in [4.78, 5) is 14.8. The first-order valence-electron chi connectivity index (χ1n) is 14.7. The van der Waals surface area contributed by atoms with E-state index in [9.17, 15) is 0 Å². The van der Waals surface area contributed by atoms with Crippen molar-refractivity contribution >= 4 is 46.5 Å². The van der Waals surface area contributed by atoms with E-state index in [0.717, 1.165) is 55.7 Å². The molecular formula is C30H43ClN6S. The minimum absolute atomic E-state index is 0.0397. The van der Waals surface area contributed by atoms with Crippen LogP contribution in [0, 0.1) is 0 Å². The predicted octanol–water partition coefficient (Wildman–Crippen LogP) is 7.08. The Balaban J connectivity index is 1.34. The molecule has 0 spiro atoms. The van der Waals surface area contributed by atoms with E-state index in [0.29, 0.717) is 17.1 Å². The van der Waals surface area contributed by atoms with Crippen molar-refractivity contribution in [2.24, 2.45) is 0 Å². The lowest BCUT2D eigenvalue weighted by molar-refractivity contribution is 0.292. The van der Waals surface area contributed by atoms with Gasteiger partial charge in [-0.2, -0.15) is 9.97 Å². The van der Waals surface area contributed by atoms with Crippen LogP contribution >= 0.6 is 23.8 Å². The van der Waals surface area contributed by atoms with Crippen molar-refractivity contribution in [1.82, 2.24) is 15.3 Å². The molecule has 0 bridgehead atoms. The van der Waals surface area contributed by atoms with Crippen LogP contribution in [0.25, 0.3) is 0 Å². The highest BCUT2D eigenvalue weighted by Crippen LogP contribution is 2.40. The van der Waals surface area contributed by atoms with Gasteiger partial charge in [-0.05, 0) is 81.8 Å². The number of hydrogen-bond acceptors (Lipinski definition) is 5. The molecule has 3 aliphatic rings. The number of halogens is 1. The lowest BCUT2D eigenvalue weighted by atomic mass is 9.69. The molecule has 6 nitrogen and oxygen atoms in total. The van der Waals surface area contributed by atoms with E-state index in [4.69, 9.17) is 33.8 Å². The SMILES string of the molecule is CC1CCCCN1c1cc(N2CCCCCC2)nc(NC(=S)NCC2(c3cccc(Cl)c3)CCCCC2)n1. The fourth-order valence-corrected chi connectivity index (χ4v) is 6.89. The third-order valence-electron chi connectivity index (χ3n) is 8.79. The molecule has 8 heteroatoms. The van der Waals surface area contributed by atoms with Crippen LogP contribution in [-0.4, -0.2) is 47.3 Å². The maximum Gasteiger partial charge on any atom is 0.232 e. The normalized spacial score (nSPS) is 22.0. The van der Waals surface area contributed by atoms with Crippen LogP contribution in [-0.2, 0) is 5.41 Å². The Bertz CT molecular complexity index is 1080. The molecule has 38 heavy (non-hydrogen) atoms. The van der Waals surface area contributed by atoms with E-state index < -0.39 is 0 Å². The van der Waals surface area contributed by atoms with Gasteiger partial charge in [-0.3, -0.25) is 0 Å². The zero-order chi connectivity index (χ0) is 26.4. The Morgan fingerprint density at radius 3 is 2.39 bits per heavy atom. The molecule has 1 aromatic heterocycles. The van der Waals surface area contributed by atoms with Crippen molar-refractivity contribution < 1.29 is 0 Å². The highest BCUT2D eigenvalue weighted by atomic mass is 35.5. The summed E-state index contributed by atoms with van der Waals surface area (Å²) in [6.07, 6.45) is 14.8. The van der Waals surface area contributed by atoms with Crippen molar-refractivity contribution in [1.29, 1.82) is 0 Å². The van der Waals surface area contributed by atoms with Gasteiger partial charge in [0.2, 0.25) is 5.95 Å². The summed E-state index contributed by atoms with van der Waals surface area (Å²) in [6.45, 7) is 6.24. The van der Waals surface area contributed by atoms with Gasteiger partial charge in [-0.15, -0.1) is 0 Å². The summed E-state index contributed by atoms with van der Waals surface area (Å²) in [5, 5.41) is 8.30. The zero-order valence-corrected chi connectivity index (χ0v) is 24.4. The number of rotatable bonds is 6. The lowest BCUT2D eigenvalue weighted by Crippen LogP contribution is -2.44. The molecule has 3 heterocycles. The molecule has 2 aliphatic heterocycles. The van der Waals surface area contributed by atoms with E-state index in [1.54, 1.807) is 0 Å². The van der Waals surface area contributed by atoms with E-state index in [1.165, 1.54) is 69.8 Å². The van der Waals surface area contributed by atoms with E-state index in [-0.39, 0.29) is 5.41 Å². The third-order valence-corrected chi connectivity index (χ3v) is 9.27. The Kier molecular flexibility index (Phi) is 9.26. The van der Waals surface area contributed by atoms with Crippen molar-refractivity contribution in [2.45, 2.75) is 95.4 Å². The second kappa shape index (κ2) is 12.8. The van der Waals surface area contributed by atoms with E-state index in [2.05, 4.69) is 51.6 Å². The summed E-state index contributed by atoms with van der Waals surface area (Å²) in [6, 6.07) is 11.1. The molecular weight excluding hydrogens is 512 g/mol. The van der Waals surface area contributed by atoms with Crippen LogP contribution < -0.4 is 20.4 Å². The highest BCUT2D eigenvalue weighted by molar-refractivity contribution is 7.80. The van der Waals surface area contributed by atoms with Gasteiger partial charge in [0.05, 0.1) is 0 Å². The van der Waals surface area contributed by atoms with Crippen LogP contribution in [0.2, 0.25) is 5.02 Å². The highest BCUT2D eigenvalue weighted by Gasteiger charge is 2.34. The molecule has 1 atom stereocenters. The number of thiocarbonyl (C=S) groups is 1. The molecule has 5 rings (SSSR count). The number of nitrogens with zero attached hydrogens (tertiary/aromatic N) is 4. The third kappa shape index (κ3) is 6.71. The van der Waals surface area contributed by atoms with Crippen LogP contribution in [0.3, 0.4) is 0 Å². The summed E-state index contributed by atoms with van der Waals surface area (Å²) in [7, 11) is 0. The van der Waals surface area contributed by atoms with Crippen LogP contribution in [0.15, 0.2) is 30.3 Å². The second-order valence-electron chi connectivity index (χ2n) is 11.5. The number of nitrogens with one attached hydrogen (secondary N) is 2. The van der Waals surface area contributed by atoms with Gasteiger partial charge in [0.15, 0.2) is 5.11 Å². The molecule has 3 fully saturated rings. The molecule has 1 aromatic carbocycles. The Morgan fingerprint density at radius 2 is 1.66 bits per heavy atom. The standard InChI is InChI=1S/C30H43ClN6S/c1-23-12-5-10-19-37(23)27-21-26(36-17-8-2-3-9-18-36)33-28(34-27)35-29(38)32-22-30(15-6-4-7-16-30)24-13-11-14-25(31)20-24/h11,13-14,20-21,23H,2-10,12,15-19,22H2,1H3,(H2,32,33,34,35,38). The van der Waals surface area contributed by atoms with Gasteiger partial charge in [-0.25, -0.2) is 0 Å². The number of hydrogen-bond donors (Lipinski definition) is 2. The Morgan fingerprint density at radius 1 is 0.947 bits per heavy atom. The quantitative estimate of drug-likeness (QED) is 0.370. The molecule has 0 amide bonds. The molecule has 2 saturated heterocycles. The molecule has 0 radical (unpaired) electrons. The molecule has 1 saturated carbocycles. The van der Waals surface area contributed by atoms with Crippen LogP contribution in [0.4, 0.5) is 17.6 Å². The number of piperidine rings is 1. The Hall–Kier alpha value is -2.12. The monoisotopic (exact) mass is 554 g/mol. The van der Waals surface area contributed by atoms with Crippen LogP contribution in [0.1, 0.15) is 89.5 Å². The molecule has 2 aromatic rings. The van der Waals surface area contributed by atoms with Crippen molar-refractivity contribution in [3.8, 4) is 0 Å². The summed E-state index contributed by atoms with van der Waals surface area (Å²) in [5.74, 6) is 2.62. The molecule has 206 valence electrons. The maximum atomic E-state index is 6.39. The second-order valence-corrected chi connectivity index (χ2v) is 12.4. The zero-order valence-electron chi connectivity index (χ0n) is 22.9. The van der Waals surface area contributed by atoms with Crippen LogP contribution in [0.5, 0.6) is 0 Å². The van der Waals surface area contributed by atoms with Gasteiger partial charge in [0.1, 0.15) is 11.6 Å². The maximum absolute atomic E-state index is 6.39. The molecule has 1 aliphatic carbocycles. The average Bonchev–Trinajstić information content (AvgIpc) is 3.22. The van der Waals surface area contributed by atoms with Gasteiger partial charge in [-0.1, -0.05) is 55.8 Å². The summed E-state index contributed by atoms with van der Waals surface area (Å²) in [5.41, 5.74) is 1.35. The number of benzene rings is 1. The first-order valence-corrected chi connectivity index (χ1v) is 15.5. The van der Waals surface area contributed by atoms with Gasteiger partial charge < -0.3 is 20.4 Å². The van der Waals surface area contributed by atoms with Crippen molar-refractivity contribution in [3.63, 3.8) is 0 Å². The topological polar surface area (TPSA) is 56.3 Å². The fourth-order valence-electron chi connectivity index (χ4n) is 6.53. The van der Waals surface area contributed by atoms with Crippen molar-refractivity contribution in [2.75, 3.05) is 41.3 Å². The van der Waals surface area contributed by atoms with Gasteiger partial charge >= 0.3 is 0 Å². The fraction of sp³-hybridized carbons (Fsp3) is 0.633. The minimum atomic E-state index is 0.0397. The van der Waals surface area contributed by atoms with E-state index >= 15 is 0 Å². The van der Waals surface area contributed by atoms with E-state index in [1.807, 2.05) is 6.07 Å². The van der Waals surface area contributed by atoms with Gasteiger partial charge in [0, 0.05) is 48.7 Å². The largest absolute Gasteiger partial charge is 0.361 e. The first-order chi connectivity index (χ1) is 18.5. The van der Waals surface area contributed by atoms with Gasteiger partial charge in [0.25, 0.3) is 0 Å². The average molecular weight is 555 g/mol. The Labute approximate surface area is 238 Å². The molecule has 1 unspecified atom stereocenters. The number of anilines is 3. The summed E-state index contributed by atoms with van der Waals surface area (Å²) < 4.78 is 0. The predicted molar refractivity (Wildman–Crippen MR) is 164 cm³/mol. The minimum Gasteiger partial charge on any atom is -0.361 e. The summed E-state index contributed by atoms with van der Waals surface area (Å²) >= 11 is 12.2. The van der Waals surface area contributed by atoms with Crippen molar-refractivity contribution in [3.05, 3.63) is 40.9 Å². The first kappa shape index (κ1) is 27.4. The smallest absolute Gasteiger partial charge is 0.232 e. The number of aromatic nitrogens is 2. The molecule has 2 N–H and O–H groups in total. The lowest BCUT2D eigenvalue weighted by Gasteiger charge is -2.38.